The first-order valence-electron chi connectivity index (χ1n) is 16.7. The van der Waals surface area contributed by atoms with E-state index in [1.165, 1.54) is 55.4 Å². The number of hydrogen-bond donors (Lipinski definition) is 1. The van der Waals surface area contributed by atoms with E-state index in [1.54, 1.807) is 6.92 Å². The van der Waals surface area contributed by atoms with Crippen molar-refractivity contribution in [1.29, 1.82) is 0 Å². The predicted molar refractivity (Wildman–Crippen MR) is 181 cm³/mol. The summed E-state index contributed by atoms with van der Waals surface area (Å²) in [6.07, 6.45) is 9.61. The molecule has 1 aliphatic rings. The zero-order chi connectivity index (χ0) is 33.0. The molecule has 0 spiro atoms. The summed E-state index contributed by atoms with van der Waals surface area (Å²) in [6, 6.07) is 15.4. The molecule has 2 aromatic carbocycles. The van der Waals surface area contributed by atoms with E-state index in [-0.39, 0.29) is 30.6 Å². The Bertz CT molecular complexity index is 1280. The van der Waals surface area contributed by atoms with Crippen LogP contribution in [0.4, 0.5) is 0 Å². The van der Waals surface area contributed by atoms with Gasteiger partial charge in [0.05, 0.1) is 31.0 Å². The van der Waals surface area contributed by atoms with Gasteiger partial charge in [-0.25, -0.2) is 9.59 Å². The molecule has 0 aromatic heterocycles. The second kappa shape index (κ2) is 17.4. The molecule has 0 bridgehead atoms. The van der Waals surface area contributed by atoms with Gasteiger partial charge >= 0.3 is 11.9 Å². The minimum atomic E-state index is -1.37. The van der Waals surface area contributed by atoms with E-state index in [0.717, 1.165) is 44.3 Å². The topological polar surface area (TPSA) is 82.1 Å². The van der Waals surface area contributed by atoms with E-state index < -0.39 is 17.5 Å². The van der Waals surface area contributed by atoms with Gasteiger partial charge in [-0.15, -0.1) is 0 Å². The summed E-state index contributed by atoms with van der Waals surface area (Å²) >= 11 is 0. The molecule has 1 unspecified atom stereocenters. The van der Waals surface area contributed by atoms with Crippen molar-refractivity contribution in [2.45, 2.75) is 98.0 Å². The second-order valence-electron chi connectivity index (χ2n) is 13.2. The van der Waals surface area contributed by atoms with Crippen molar-refractivity contribution in [3.63, 3.8) is 0 Å². The van der Waals surface area contributed by atoms with Gasteiger partial charge in [-0.05, 0) is 112 Å². The van der Waals surface area contributed by atoms with Gasteiger partial charge in [-0.1, -0.05) is 70.2 Å². The molecule has 6 nitrogen and oxygen atoms in total. The minimum absolute atomic E-state index is 0.00369. The monoisotopic (exact) mass is 618 g/mol. The average molecular weight is 619 g/mol. The quantitative estimate of drug-likeness (QED) is 0.109. The number of esters is 2. The summed E-state index contributed by atoms with van der Waals surface area (Å²) in [6.45, 7) is 17.3. The van der Waals surface area contributed by atoms with E-state index in [0.29, 0.717) is 18.1 Å². The Labute approximate surface area is 270 Å². The molecule has 1 N–H and O–H groups in total. The smallest absolute Gasteiger partial charge is 0.336 e. The lowest BCUT2D eigenvalue weighted by Crippen LogP contribution is -2.33. The maximum absolute atomic E-state index is 12.5. The van der Waals surface area contributed by atoms with Crippen LogP contribution in [0.1, 0.15) is 90.7 Å². The van der Waals surface area contributed by atoms with Crippen molar-refractivity contribution in [3.8, 4) is 16.9 Å². The number of aryl methyl sites for hydroxylation is 2. The Morgan fingerprint density at radius 3 is 2.16 bits per heavy atom. The third kappa shape index (κ3) is 11.2. The maximum Gasteiger partial charge on any atom is 0.336 e. The van der Waals surface area contributed by atoms with Crippen LogP contribution in [0.25, 0.3) is 11.1 Å². The third-order valence-electron chi connectivity index (χ3n) is 9.03. The Kier molecular flexibility index (Phi) is 13.9. The van der Waals surface area contributed by atoms with Gasteiger partial charge in [0.1, 0.15) is 5.75 Å². The fourth-order valence-electron chi connectivity index (χ4n) is 5.85. The summed E-state index contributed by atoms with van der Waals surface area (Å²) in [5.41, 5.74) is 4.15. The van der Waals surface area contributed by atoms with Crippen LogP contribution in [0, 0.1) is 17.8 Å². The van der Waals surface area contributed by atoms with Gasteiger partial charge in [0, 0.05) is 11.5 Å². The zero-order valence-corrected chi connectivity index (χ0v) is 28.2. The van der Waals surface area contributed by atoms with Crippen molar-refractivity contribution in [2.75, 3.05) is 19.8 Å². The summed E-state index contributed by atoms with van der Waals surface area (Å²) < 4.78 is 17.3. The van der Waals surface area contributed by atoms with Crippen LogP contribution in [-0.2, 0) is 31.9 Å². The Morgan fingerprint density at radius 2 is 1.58 bits per heavy atom. The van der Waals surface area contributed by atoms with E-state index in [9.17, 15) is 14.7 Å². The van der Waals surface area contributed by atoms with Crippen LogP contribution >= 0.6 is 0 Å². The standard InChI is InChI=1S/C39H54O6/c1-8-10-11-12-29-13-19-33(20-14-29)36-22-21-35(23-31(36)9-2)43-24-30-15-17-32(18-16-30)34(25-44-37(40)27(3)4)26-45-38(41)28(5)39(6,7)42/h13-14,19-23,30,32,34,42H,3,5,8-12,15-18,24-26H2,1-2,4,6-7H3. The number of hydrogen-bond acceptors (Lipinski definition) is 6. The molecule has 1 fully saturated rings. The van der Waals surface area contributed by atoms with Crippen molar-refractivity contribution in [1.82, 2.24) is 0 Å². The van der Waals surface area contributed by atoms with Gasteiger partial charge in [-0.3, -0.25) is 0 Å². The summed E-state index contributed by atoms with van der Waals surface area (Å²) in [5.74, 6) is 0.300. The van der Waals surface area contributed by atoms with E-state index >= 15 is 0 Å². The SMILES string of the molecule is C=C(C)C(=O)OCC(COC(=O)C(=C)C(C)(C)O)C1CCC(COc2ccc(-c3ccc(CCCCC)cc3)c(CC)c2)CC1. The highest BCUT2D eigenvalue weighted by Crippen LogP contribution is 2.35. The van der Waals surface area contributed by atoms with Crippen LogP contribution in [0.3, 0.4) is 0 Å². The van der Waals surface area contributed by atoms with Gasteiger partial charge < -0.3 is 19.3 Å². The Morgan fingerprint density at radius 1 is 0.933 bits per heavy atom. The number of aliphatic hydroxyl groups is 1. The molecule has 1 atom stereocenters. The molecular weight excluding hydrogens is 564 g/mol. The van der Waals surface area contributed by atoms with E-state index in [4.69, 9.17) is 14.2 Å². The number of ether oxygens (including phenoxy) is 3. The van der Waals surface area contributed by atoms with E-state index in [2.05, 4.69) is 69.5 Å². The Balaban J connectivity index is 1.55. The molecule has 0 heterocycles. The van der Waals surface area contributed by atoms with Crippen molar-refractivity contribution < 1.29 is 28.9 Å². The van der Waals surface area contributed by atoms with Crippen molar-refractivity contribution in [3.05, 3.63) is 77.9 Å². The first kappa shape index (κ1) is 36.1. The number of carbonyl (C=O) groups is 2. The van der Waals surface area contributed by atoms with Gasteiger partial charge in [0.15, 0.2) is 0 Å². The van der Waals surface area contributed by atoms with Gasteiger partial charge in [0.25, 0.3) is 0 Å². The summed E-state index contributed by atoms with van der Waals surface area (Å²) in [5, 5.41) is 10.1. The average Bonchev–Trinajstić information content (AvgIpc) is 3.03. The maximum atomic E-state index is 12.5. The zero-order valence-electron chi connectivity index (χ0n) is 28.2. The first-order valence-corrected chi connectivity index (χ1v) is 16.7. The van der Waals surface area contributed by atoms with Crippen molar-refractivity contribution >= 4 is 11.9 Å². The van der Waals surface area contributed by atoms with Gasteiger partial charge in [0.2, 0.25) is 0 Å². The second-order valence-corrected chi connectivity index (χ2v) is 13.2. The molecule has 1 saturated carbocycles. The molecule has 0 amide bonds. The lowest BCUT2D eigenvalue weighted by atomic mass is 9.76. The molecule has 45 heavy (non-hydrogen) atoms. The molecule has 0 aliphatic heterocycles. The largest absolute Gasteiger partial charge is 0.493 e. The molecule has 0 saturated heterocycles. The fraction of sp³-hybridized carbons (Fsp3) is 0.538. The lowest BCUT2D eigenvalue weighted by molar-refractivity contribution is -0.147. The number of benzene rings is 2. The molecule has 6 heteroatoms. The molecule has 1 aliphatic carbocycles. The van der Waals surface area contributed by atoms with Crippen LogP contribution in [0.5, 0.6) is 5.75 Å². The fourth-order valence-corrected chi connectivity index (χ4v) is 5.85. The van der Waals surface area contributed by atoms with Crippen LogP contribution in [0.15, 0.2) is 66.8 Å². The number of unbranched alkanes of at least 4 members (excludes halogenated alkanes) is 2. The molecule has 3 rings (SSSR count). The van der Waals surface area contributed by atoms with Crippen molar-refractivity contribution in [2.24, 2.45) is 17.8 Å². The highest BCUT2D eigenvalue weighted by atomic mass is 16.5. The Hall–Kier alpha value is -3.38. The number of rotatable bonds is 17. The number of carbonyl (C=O) groups excluding carboxylic acids is 2. The molecule has 2 aromatic rings. The molecule has 246 valence electrons. The summed E-state index contributed by atoms with van der Waals surface area (Å²) in [4.78, 5) is 24.6. The minimum Gasteiger partial charge on any atom is -0.493 e. The van der Waals surface area contributed by atoms with Crippen LogP contribution < -0.4 is 4.74 Å². The molecular formula is C39H54O6. The summed E-state index contributed by atoms with van der Waals surface area (Å²) in [7, 11) is 0. The molecule has 0 radical (unpaired) electrons. The normalized spacial score (nSPS) is 17.3. The highest BCUT2D eigenvalue weighted by Gasteiger charge is 2.31. The van der Waals surface area contributed by atoms with Gasteiger partial charge in [-0.2, -0.15) is 0 Å². The lowest BCUT2D eigenvalue weighted by Gasteiger charge is -2.33. The van der Waals surface area contributed by atoms with E-state index in [1.807, 2.05) is 0 Å². The van der Waals surface area contributed by atoms with Crippen LogP contribution in [0.2, 0.25) is 0 Å². The highest BCUT2D eigenvalue weighted by molar-refractivity contribution is 5.89. The first-order chi connectivity index (χ1) is 21.4. The third-order valence-corrected chi connectivity index (χ3v) is 9.03. The van der Waals surface area contributed by atoms with Crippen LogP contribution in [-0.4, -0.2) is 42.5 Å². The predicted octanol–water partition coefficient (Wildman–Crippen LogP) is 8.44.